The maximum absolute atomic E-state index is 10.0. The molecule has 0 aromatic heterocycles. The highest BCUT2D eigenvalue weighted by Gasteiger charge is 2.17. The second-order valence-corrected chi connectivity index (χ2v) is 4.90. The number of rotatable bonds is 8. The molecule has 0 bridgehead atoms. The van der Waals surface area contributed by atoms with Crippen molar-refractivity contribution in [3.63, 3.8) is 0 Å². The van der Waals surface area contributed by atoms with Gasteiger partial charge < -0.3 is 14.9 Å². The molecule has 0 atom stereocenters. The van der Waals surface area contributed by atoms with Gasteiger partial charge in [-0.05, 0) is 19.3 Å². The van der Waals surface area contributed by atoms with Crippen molar-refractivity contribution in [1.29, 1.82) is 0 Å². The van der Waals surface area contributed by atoms with Gasteiger partial charge in [0.25, 0.3) is 0 Å². The summed E-state index contributed by atoms with van der Waals surface area (Å²) in [5, 5.41) is 19.9. The van der Waals surface area contributed by atoms with Gasteiger partial charge in [-0.1, -0.05) is 40.0 Å². The Labute approximate surface area is 116 Å². The van der Waals surface area contributed by atoms with Gasteiger partial charge >= 0.3 is 0 Å². The smallest absolute Gasteiger partial charge is 0.161 e. The molecule has 108 valence electrons. The maximum Gasteiger partial charge on any atom is 0.161 e. The van der Waals surface area contributed by atoms with Crippen LogP contribution < -0.4 is 4.74 Å². The monoisotopic (exact) mass is 266 g/mol. The van der Waals surface area contributed by atoms with Crippen molar-refractivity contribution >= 4 is 0 Å². The highest BCUT2D eigenvalue weighted by Crippen LogP contribution is 2.39. The first-order valence-electron chi connectivity index (χ1n) is 7.35. The minimum absolute atomic E-state index is 0.0214. The molecule has 0 saturated heterocycles. The third-order valence-corrected chi connectivity index (χ3v) is 3.21. The van der Waals surface area contributed by atoms with Gasteiger partial charge in [-0.15, -0.1) is 0 Å². The van der Waals surface area contributed by atoms with Crippen molar-refractivity contribution in [1.82, 2.24) is 0 Å². The highest BCUT2D eigenvalue weighted by molar-refractivity contribution is 5.56. The molecule has 0 aliphatic rings. The molecule has 0 aliphatic heterocycles. The third kappa shape index (κ3) is 4.05. The van der Waals surface area contributed by atoms with E-state index in [-0.39, 0.29) is 11.5 Å². The van der Waals surface area contributed by atoms with Crippen molar-refractivity contribution in [3.8, 4) is 17.2 Å². The lowest BCUT2D eigenvalue weighted by Crippen LogP contribution is -2.03. The standard InChI is InChI=1S/C16H26O3/c1-4-7-10-19-15-11-14(17)16(18)13(9-6-3)12(15)8-5-2/h11,17-18H,4-10H2,1-3H3. The summed E-state index contributed by atoms with van der Waals surface area (Å²) in [6.45, 7) is 6.95. The number of ether oxygens (including phenoxy) is 1. The van der Waals surface area contributed by atoms with Crippen LogP contribution in [0.5, 0.6) is 17.2 Å². The Morgan fingerprint density at radius 3 is 2.16 bits per heavy atom. The van der Waals surface area contributed by atoms with Crippen molar-refractivity contribution in [2.75, 3.05) is 6.61 Å². The van der Waals surface area contributed by atoms with Crippen LogP contribution in [0.25, 0.3) is 0 Å². The molecule has 1 aromatic rings. The van der Waals surface area contributed by atoms with Crippen molar-refractivity contribution in [3.05, 3.63) is 17.2 Å². The lowest BCUT2D eigenvalue weighted by atomic mass is 9.97. The first kappa shape index (κ1) is 15.7. The Morgan fingerprint density at radius 1 is 0.947 bits per heavy atom. The third-order valence-electron chi connectivity index (χ3n) is 3.21. The molecule has 19 heavy (non-hydrogen) atoms. The van der Waals surface area contributed by atoms with E-state index in [1.165, 1.54) is 0 Å². The Morgan fingerprint density at radius 2 is 1.58 bits per heavy atom. The van der Waals surface area contributed by atoms with Crippen LogP contribution in [0, 0.1) is 0 Å². The van der Waals surface area contributed by atoms with Crippen LogP contribution in [0.1, 0.15) is 57.6 Å². The van der Waals surface area contributed by atoms with Crippen LogP contribution in [0.2, 0.25) is 0 Å². The predicted octanol–water partition coefficient (Wildman–Crippen LogP) is 4.18. The van der Waals surface area contributed by atoms with E-state index in [0.29, 0.717) is 6.61 Å². The number of aromatic hydroxyl groups is 2. The van der Waals surface area contributed by atoms with Gasteiger partial charge in [0, 0.05) is 17.2 Å². The van der Waals surface area contributed by atoms with Gasteiger partial charge in [-0.2, -0.15) is 0 Å². The van der Waals surface area contributed by atoms with Gasteiger partial charge in [0.15, 0.2) is 11.5 Å². The van der Waals surface area contributed by atoms with Crippen LogP contribution in [-0.4, -0.2) is 16.8 Å². The predicted molar refractivity (Wildman–Crippen MR) is 78.2 cm³/mol. The molecule has 3 nitrogen and oxygen atoms in total. The summed E-state index contributed by atoms with van der Waals surface area (Å²) >= 11 is 0. The topological polar surface area (TPSA) is 49.7 Å². The van der Waals surface area contributed by atoms with Crippen LogP contribution in [-0.2, 0) is 12.8 Å². The number of benzene rings is 1. The SMILES string of the molecule is CCCCOc1cc(O)c(O)c(CCC)c1CCC. The average molecular weight is 266 g/mol. The van der Waals surface area contributed by atoms with Gasteiger partial charge in [0.2, 0.25) is 0 Å². The van der Waals surface area contributed by atoms with Crippen molar-refractivity contribution < 1.29 is 14.9 Å². The number of phenolic OH excluding ortho intramolecular Hbond substituents is 2. The Hall–Kier alpha value is -1.38. The van der Waals surface area contributed by atoms with E-state index in [0.717, 1.165) is 55.4 Å². The lowest BCUT2D eigenvalue weighted by Gasteiger charge is -2.17. The molecule has 0 heterocycles. The zero-order chi connectivity index (χ0) is 14.3. The molecular formula is C16H26O3. The van der Waals surface area contributed by atoms with Gasteiger partial charge in [-0.3, -0.25) is 0 Å². The van der Waals surface area contributed by atoms with Crippen molar-refractivity contribution in [2.24, 2.45) is 0 Å². The molecule has 0 amide bonds. The molecule has 0 radical (unpaired) electrons. The molecule has 0 saturated carbocycles. The molecule has 3 heteroatoms. The average Bonchev–Trinajstić information content (AvgIpc) is 2.39. The van der Waals surface area contributed by atoms with E-state index in [9.17, 15) is 10.2 Å². The molecule has 0 spiro atoms. The number of hydrogen-bond donors (Lipinski definition) is 2. The summed E-state index contributed by atoms with van der Waals surface area (Å²) in [5.41, 5.74) is 1.90. The fourth-order valence-corrected chi connectivity index (χ4v) is 2.22. The van der Waals surface area contributed by atoms with Crippen LogP contribution in [0.4, 0.5) is 0 Å². The first-order valence-corrected chi connectivity index (χ1v) is 7.35. The molecule has 0 aliphatic carbocycles. The maximum atomic E-state index is 10.0. The zero-order valence-electron chi connectivity index (χ0n) is 12.3. The lowest BCUT2D eigenvalue weighted by molar-refractivity contribution is 0.301. The second-order valence-electron chi connectivity index (χ2n) is 4.90. The van der Waals surface area contributed by atoms with E-state index < -0.39 is 0 Å². The van der Waals surface area contributed by atoms with E-state index in [2.05, 4.69) is 20.8 Å². The van der Waals surface area contributed by atoms with E-state index in [4.69, 9.17) is 4.74 Å². The zero-order valence-corrected chi connectivity index (χ0v) is 12.3. The minimum Gasteiger partial charge on any atom is -0.504 e. The summed E-state index contributed by atoms with van der Waals surface area (Å²) in [6, 6.07) is 1.55. The summed E-state index contributed by atoms with van der Waals surface area (Å²) in [5.74, 6) is 0.678. The first-order chi connectivity index (χ1) is 9.15. The van der Waals surface area contributed by atoms with E-state index >= 15 is 0 Å². The molecular weight excluding hydrogens is 240 g/mol. The largest absolute Gasteiger partial charge is 0.504 e. The van der Waals surface area contributed by atoms with E-state index in [1.54, 1.807) is 6.07 Å². The number of phenols is 2. The molecule has 0 fully saturated rings. The van der Waals surface area contributed by atoms with Gasteiger partial charge in [0.1, 0.15) is 5.75 Å². The van der Waals surface area contributed by atoms with Crippen LogP contribution in [0.3, 0.4) is 0 Å². The Kier molecular flexibility index (Phi) is 6.54. The van der Waals surface area contributed by atoms with E-state index in [1.807, 2.05) is 0 Å². The highest BCUT2D eigenvalue weighted by atomic mass is 16.5. The molecule has 1 aromatic carbocycles. The molecule has 0 unspecified atom stereocenters. The number of hydrogen-bond acceptors (Lipinski definition) is 3. The molecule has 1 rings (SSSR count). The fraction of sp³-hybridized carbons (Fsp3) is 0.625. The van der Waals surface area contributed by atoms with Crippen molar-refractivity contribution in [2.45, 2.75) is 59.3 Å². The summed E-state index contributed by atoms with van der Waals surface area (Å²) in [4.78, 5) is 0. The van der Waals surface area contributed by atoms with Crippen LogP contribution >= 0.6 is 0 Å². The summed E-state index contributed by atoms with van der Waals surface area (Å²) in [6.07, 6.45) is 5.63. The normalized spacial score (nSPS) is 10.7. The Bertz CT molecular complexity index is 399. The fourth-order valence-electron chi connectivity index (χ4n) is 2.22. The minimum atomic E-state index is -0.0743. The second kappa shape index (κ2) is 7.93. The number of unbranched alkanes of at least 4 members (excludes halogenated alkanes) is 1. The summed E-state index contributed by atoms with van der Waals surface area (Å²) in [7, 11) is 0. The quantitative estimate of drug-likeness (QED) is 0.548. The van der Waals surface area contributed by atoms with Gasteiger partial charge in [-0.25, -0.2) is 0 Å². The molecule has 2 N–H and O–H groups in total. The Balaban J connectivity index is 3.11. The van der Waals surface area contributed by atoms with Gasteiger partial charge in [0.05, 0.1) is 6.61 Å². The summed E-state index contributed by atoms with van der Waals surface area (Å²) < 4.78 is 5.78. The van der Waals surface area contributed by atoms with Crippen LogP contribution in [0.15, 0.2) is 6.07 Å².